The van der Waals surface area contributed by atoms with Crippen LogP contribution >= 0.6 is 11.6 Å². The van der Waals surface area contributed by atoms with Crippen LogP contribution in [0, 0.1) is 0 Å². The summed E-state index contributed by atoms with van der Waals surface area (Å²) in [6.07, 6.45) is -4.81. The lowest BCUT2D eigenvalue weighted by Crippen LogP contribution is -2.27. The standard InChI is InChI=1S/C31H24ClF3N4O4/c1-30(2)16-39(27-24(40)13-12-20(26(27)30)28-37-22-15-17(32)7-14-25(22)42-28)23-6-4-3-5-21(23)38-29(41)36-18-8-10-19(11-9-18)43-31(33,34)35/h3-15,40H,16H2,1-2H3,(H2,36,38,41). The van der Waals surface area contributed by atoms with Crippen LogP contribution in [-0.4, -0.2) is 29.0 Å². The summed E-state index contributed by atoms with van der Waals surface area (Å²) in [4.78, 5) is 19.5. The molecule has 1 aliphatic rings. The third kappa shape index (κ3) is 5.63. The second-order valence-corrected chi connectivity index (χ2v) is 11.1. The molecule has 220 valence electrons. The number of benzene rings is 4. The number of aromatic nitrogens is 1. The van der Waals surface area contributed by atoms with Gasteiger partial charge in [-0.3, -0.25) is 0 Å². The van der Waals surface area contributed by atoms with Gasteiger partial charge in [0, 0.05) is 28.2 Å². The summed E-state index contributed by atoms with van der Waals surface area (Å²) in [7, 11) is 0. The van der Waals surface area contributed by atoms with E-state index in [4.69, 9.17) is 16.0 Å². The molecule has 2 heterocycles. The Hall–Kier alpha value is -4.90. The van der Waals surface area contributed by atoms with Crippen molar-refractivity contribution in [3.05, 3.63) is 89.4 Å². The molecule has 3 N–H and O–H groups in total. The normalized spacial score (nSPS) is 14.0. The minimum Gasteiger partial charge on any atom is -0.506 e. The summed E-state index contributed by atoms with van der Waals surface area (Å²) in [5.41, 5.74) is 4.14. The van der Waals surface area contributed by atoms with Gasteiger partial charge in [0.05, 0.1) is 17.1 Å². The number of phenolic OH excluding ortho intramolecular Hbond substituents is 1. The van der Waals surface area contributed by atoms with Crippen LogP contribution in [-0.2, 0) is 5.41 Å². The van der Waals surface area contributed by atoms with Crippen LogP contribution in [0.5, 0.6) is 11.5 Å². The van der Waals surface area contributed by atoms with Gasteiger partial charge in [-0.15, -0.1) is 13.2 Å². The highest BCUT2D eigenvalue weighted by atomic mass is 35.5. The van der Waals surface area contributed by atoms with Crippen LogP contribution in [0.15, 0.2) is 83.3 Å². The van der Waals surface area contributed by atoms with Gasteiger partial charge in [-0.25, -0.2) is 9.78 Å². The smallest absolute Gasteiger partial charge is 0.506 e. The predicted octanol–water partition coefficient (Wildman–Crippen LogP) is 8.83. The number of carbonyl (C=O) groups is 1. The van der Waals surface area contributed by atoms with Crippen LogP contribution in [0.2, 0.25) is 5.02 Å². The van der Waals surface area contributed by atoms with Crippen LogP contribution < -0.4 is 20.3 Å². The Morgan fingerprint density at radius 1 is 1.05 bits per heavy atom. The van der Waals surface area contributed by atoms with Crippen molar-refractivity contribution in [2.75, 3.05) is 22.1 Å². The molecule has 5 aromatic rings. The molecule has 0 spiro atoms. The van der Waals surface area contributed by atoms with Gasteiger partial charge in [0.2, 0.25) is 5.89 Å². The van der Waals surface area contributed by atoms with Crippen molar-refractivity contribution in [2.45, 2.75) is 25.6 Å². The molecule has 0 saturated heterocycles. The Morgan fingerprint density at radius 3 is 2.53 bits per heavy atom. The van der Waals surface area contributed by atoms with E-state index in [9.17, 15) is 23.1 Å². The van der Waals surface area contributed by atoms with Crippen LogP contribution in [0.1, 0.15) is 19.4 Å². The number of phenols is 1. The quantitative estimate of drug-likeness (QED) is 0.184. The number of hydrogen-bond donors (Lipinski definition) is 3. The Kier molecular flexibility index (Phi) is 6.84. The molecular formula is C31H24ClF3N4O4. The van der Waals surface area contributed by atoms with Gasteiger partial charge in [0.25, 0.3) is 0 Å². The molecule has 0 aliphatic carbocycles. The van der Waals surface area contributed by atoms with Gasteiger partial charge in [-0.05, 0) is 72.3 Å². The molecule has 0 saturated carbocycles. The van der Waals surface area contributed by atoms with Crippen molar-refractivity contribution in [3.8, 4) is 23.0 Å². The highest BCUT2D eigenvalue weighted by Crippen LogP contribution is 2.53. The van der Waals surface area contributed by atoms with E-state index in [2.05, 4.69) is 20.4 Å². The topological polar surface area (TPSA) is 99.9 Å². The highest BCUT2D eigenvalue weighted by molar-refractivity contribution is 6.31. The van der Waals surface area contributed by atoms with Crippen LogP contribution in [0.25, 0.3) is 22.6 Å². The zero-order valence-corrected chi connectivity index (χ0v) is 23.5. The van der Waals surface area contributed by atoms with Gasteiger partial charge in [0.1, 0.15) is 17.0 Å². The number of alkyl halides is 3. The number of oxazole rings is 1. The summed E-state index contributed by atoms with van der Waals surface area (Å²) >= 11 is 6.15. The summed E-state index contributed by atoms with van der Waals surface area (Å²) < 4.78 is 47.3. The molecular weight excluding hydrogens is 585 g/mol. The van der Waals surface area contributed by atoms with E-state index < -0.39 is 23.6 Å². The van der Waals surface area contributed by atoms with Gasteiger partial charge >= 0.3 is 12.4 Å². The minimum atomic E-state index is -4.81. The Labute approximate surface area is 248 Å². The number of para-hydroxylation sites is 2. The number of aromatic hydroxyl groups is 1. The molecule has 8 nitrogen and oxygen atoms in total. The average Bonchev–Trinajstić information content (AvgIpc) is 3.48. The first-order chi connectivity index (χ1) is 20.4. The Balaban J connectivity index is 1.31. The number of hydrogen-bond acceptors (Lipinski definition) is 6. The fourth-order valence-corrected chi connectivity index (χ4v) is 5.50. The average molecular weight is 609 g/mol. The van der Waals surface area contributed by atoms with Crippen molar-refractivity contribution in [3.63, 3.8) is 0 Å². The monoisotopic (exact) mass is 608 g/mol. The zero-order chi connectivity index (χ0) is 30.5. The molecule has 0 unspecified atom stereocenters. The lowest BCUT2D eigenvalue weighted by molar-refractivity contribution is -0.274. The zero-order valence-electron chi connectivity index (χ0n) is 22.8. The molecule has 0 atom stereocenters. The van der Waals surface area contributed by atoms with E-state index in [1.807, 2.05) is 30.9 Å². The van der Waals surface area contributed by atoms with Crippen LogP contribution in [0.4, 0.5) is 40.7 Å². The molecule has 43 heavy (non-hydrogen) atoms. The number of anilines is 4. The lowest BCUT2D eigenvalue weighted by Gasteiger charge is -2.25. The number of ether oxygens (including phenoxy) is 1. The summed E-state index contributed by atoms with van der Waals surface area (Å²) in [6, 6.07) is 19.8. The first kappa shape index (κ1) is 28.2. The summed E-state index contributed by atoms with van der Waals surface area (Å²) in [5, 5.41) is 17.1. The molecule has 0 fully saturated rings. The van der Waals surface area contributed by atoms with E-state index in [0.29, 0.717) is 51.2 Å². The largest absolute Gasteiger partial charge is 0.573 e. The third-order valence-electron chi connectivity index (χ3n) is 7.03. The molecule has 2 amide bonds. The van der Waals surface area contributed by atoms with Crippen molar-refractivity contribution < 1.29 is 32.2 Å². The van der Waals surface area contributed by atoms with E-state index in [1.54, 1.807) is 42.5 Å². The van der Waals surface area contributed by atoms with E-state index in [-0.39, 0.29) is 11.4 Å². The molecule has 1 aliphatic heterocycles. The number of amides is 2. The second kappa shape index (κ2) is 10.4. The van der Waals surface area contributed by atoms with Crippen molar-refractivity contribution in [1.29, 1.82) is 0 Å². The lowest BCUT2D eigenvalue weighted by atomic mass is 9.83. The number of carbonyl (C=O) groups excluding carboxylic acids is 1. The fourth-order valence-electron chi connectivity index (χ4n) is 5.33. The number of fused-ring (bicyclic) bond motifs is 2. The first-order valence-electron chi connectivity index (χ1n) is 13.1. The Bertz CT molecular complexity index is 1850. The van der Waals surface area contributed by atoms with Crippen molar-refractivity contribution >= 4 is 51.5 Å². The second-order valence-electron chi connectivity index (χ2n) is 10.6. The maximum Gasteiger partial charge on any atom is 0.573 e. The molecule has 0 bridgehead atoms. The van der Waals surface area contributed by atoms with E-state index in [0.717, 1.165) is 17.7 Å². The maximum atomic E-state index is 12.9. The molecule has 4 aromatic carbocycles. The third-order valence-corrected chi connectivity index (χ3v) is 7.26. The molecule has 0 radical (unpaired) electrons. The maximum absolute atomic E-state index is 12.9. The Morgan fingerprint density at radius 2 is 1.79 bits per heavy atom. The van der Waals surface area contributed by atoms with Gasteiger partial charge in [-0.2, -0.15) is 0 Å². The van der Waals surface area contributed by atoms with E-state index >= 15 is 0 Å². The minimum absolute atomic E-state index is 0.0453. The summed E-state index contributed by atoms with van der Waals surface area (Å²) in [6.45, 7) is 4.55. The fraction of sp³-hybridized carbons (Fsp3) is 0.161. The predicted molar refractivity (Wildman–Crippen MR) is 158 cm³/mol. The van der Waals surface area contributed by atoms with Crippen LogP contribution in [0.3, 0.4) is 0 Å². The summed E-state index contributed by atoms with van der Waals surface area (Å²) in [5.74, 6) is 0.0321. The first-order valence-corrected chi connectivity index (χ1v) is 13.5. The van der Waals surface area contributed by atoms with Crippen molar-refractivity contribution in [2.24, 2.45) is 0 Å². The van der Waals surface area contributed by atoms with Crippen molar-refractivity contribution in [1.82, 2.24) is 4.98 Å². The van der Waals surface area contributed by atoms with Gasteiger partial charge in [-0.1, -0.05) is 37.6 Å². The highest BCUT2D eigenvalue weighted by Gasteiger charge is 2.41. The SMILES string of the molecule is CC1(C)CN(c2ccccc2NC(=O)Nc2ccc(OC(F)(F)F)cc2)c2c(O)ccc(-c3nc4cc(Cl)ccc4o3)c21. The molecule has 12 heteroatoms. The van der Waals surface area contributed by atoms with Gasteiger partial charge in [0.15, 0.2) is 5.58 Å². The molecule has 1 aromatic heterocycles. The number of urea groups is 1. The van der Waals surface area contributed by atoms with E-state index in [1.165, 1.54) is 12.1 Å². The number of halogens is 4. The molecule has 6 rings (SSSR count). The van der Waals surface area contributed by atoms with Gasteiger partial charge < -0.3 is 29.8 Å². The number of rotatable bonds is 5. The number of nitrogens with one attached hydrogen (secondary N) is 2. The number of nitrogens with zero attached hydrogens (tertiary/aromatic N) is 2.